The Morgan fingerprint density at radius 1 is 0.757 bits per heavy atom. The first-order valence-corrected chi connectivity index (χ1v) is 10.3. The lowest BCUT2D eigenvalue weighted by Crippen LogP contribution is -2.25. The SMILES string of the molecule is Nc1c(O)cccc1[N+](=O)[O-].Nc1cccc2c1NC(=O)CO2.O=C1COc2cccc([N+](=O)[O-])c2N1. The Kier molecular flexibility index (Phi) is 7.89. The van der Waals surface area contributed by atoms with E-state index in [-0.39, 0.29) is 53.5 Å². The third-order valence-corrected chi connectivity index (χ3v) is 4.76. The second kappa shape index (κ2) is 11.2. The van der Waals surface area contributed by atoms with Crippen LogP contribution in [-0.2, 0) is 9.59 Å². The number of amides is 2. The summed E-state index contributed by atoms with van der Waals surface area (Å²) in [5.41, 5.74) is 11.4. The van der Waals surface area contributed by atoms with E-state index in [0.29, 0.717) is 22.9 Å². The molecule has 0 bridgehead atoms. The molecule has 0 spiro atoms. The molecule has 0 aromatic heterocycles. The normalized spacial score (nSPS) is 12.8. The molecule has 0 radical (unpaired) electrons. The number of carbonyl (C=O) groups is 2. The molecule has 0 saturated heterocycles. The summed E-state index contributed by atoms with van der Waals surface area (Å²) in [6, 6.07) is 13.6. The van der Waals surface area contributed by atoms with Crippen molar-refractivity contribution in [1.29, 1.82) is 0 Å². The number of nitrogens with two attached hydrogens (primary N) is 2. The van der Waals surface area contributed by atoms with E-state index in [2.05, 4.69) is 10.6 Å². The lowest BCUT2D eigenvalue weighted by atomic mass is 10.2. The number of nitro benzene ring substituents is 2. The van der Waals surface area contributed by atoms with Crippen molar-refractivity contribution in [2.24, 2.45) is 0 Å². The Bertz CT molecular complexity index is 1380. The number of fused-ring (bicyclic) bond motifs is 2. The molecule has 0 aliphatic carbocycles. The largest absolute Gasteiger partial charge is 0.506 e. The molecular weight excluding hydrogens is 492 g/mol. The standard InChI is InChI=1S/C8H6N2O4.C8H8N2O2.C6H6N2O3/c11-7-4-14-6-3-1-2-5(10(12)13)8(6)9-7;9-5-2-1-3-6-8(5)10-7(11)4-12-6;7-6-4(8(10)11)2-1-3-5(6)9/h1-3H,4H2,(H,9,11);1-3H,4,9H2,(H,10,11);1-3,9H,7H2. The first kappa shape index (κ1) is 26.0. The number of hydrogen-bond donors (Lipinski definition) is 5. The van der Waals surface area contributed by atoms with E-state index in [0.717, 1.165) is 0 Å². The van der Waals surface area contributed by atoms with E-state index >= 15 is 0 Å². The molecule has 15 heteroatoms. The predicted octanol–water partition coefficient (Wildman–Crippen LogP) is 2.41. The highest BCUT2D eigenvalue weighted by molar-refractivity contribution is 5.99. The van der Waals surface area contributed by atoms with Crippen LogP contribution in [0.25, 0.3) is 0 Å². The van der Waals surface area contributed by atoms with Gasteiger partial charge in [-0.05, 0) is 24.3 Å². The minimum atomic E-state index is -0.644. The van der Waals surface area contributed by atoms with Gasteiger partial charge in [-0.1, -0.05) is 18.2 Å². The molecule has 37 heavy (non-hydrogen) atoms. The van der Waals surface area contributed by atoms with Crippen LogP contribution in [0.5, 0.6) is 17.2 Å². The third-order valence-electron chi connectivity index (χ3n) is 4.76. The Balaban J connectivity index is 0.000000156. The van der Waals surface area contributed by atoms with Gasteiger partial charge in [-0.3, -0.25) is 29.8 Å². The lowest BCUT2D eigenvalue weighted by molar-refractivity contribution is -0.384. The summed E-state index contributed by atoms with van der Waals surface area (Å²) in [4.78, 5) is 41.4. The number of aromatic hydroxyl groups is 1. The predicted molar refractivity (Wildman–Crippen MR) is 131 cm³/mol. The molecule has 15 nitrogen and oxygen atoms in total. The Morgan fingerprint density at radius 2 is 1.24 bits per heavy atom. The van der Waals surface area contributed by atoms with E-state index in [4.69, 9.17) is 26.0 Å². The fourth-order valence-electron chi connectivity index (χ4n) is 3.06. The summed E-state index contributed by atoms with van der Waals surface area (Å²) in [6.45, 7) is -0.0371. The van der Waals surface area contributed by atoms with Gasteiger partial charge in [-0.15, -0.1) is 0 Å². The highest BCUT2D eigenvalue weighted by Gasteiger charge is 2.24. The summed E-state index contributed by atoms with van der Waals surface area (Å²) >= 11 is 0. The molecule has 2 aliphatic rings. The average molecular weight is 512 g/mol. The molecule has 3 aromatic carbocycles. The summed E-state index contributed by atoms with van der Waals surface area (Å²) in [5, 5.41) is 34.7. The number of phenols is 1. The summed E-state index contributed by atoms with van der Waals surface area (Å²) < 4.78 is 10.1. The van der Waals surface area contributed by atoms with Gasteiger partial charge in [0.05, 0.1) is 15.5 Å². The highest BCUT2D eigenvalue weighted by Crippen LogP contribution is 2.36. The van der Waals surface area contributed by atoms with Crippen molar-refractivity contribution in [2.75, 3.05) is 35.3 Å². The van der Waals surface area contributed by atoms with E-state index in [1.54, 1.807) is 24.3 Å². The van der Waals surface area contributed by atoms with Gasteiger partial charge in [0.15, 0.2) is 30.3 Å². The third kappa shape index (κ3) is 6.30. The fraction of sp³-hybridized carbons (Fsp3) is 0.0909. The number of nitrogen functional groups attached to an aromatic ring is 2. The van der Waals surface area contributed by atoms with Gasteiger partial charge in [0.2, 0.25) is 0 Å². The van der Waals surface area contributed by atoms with Crippen LogP contribution in [0.1, 0.15) is 0 Å². The molecule has 192 valence electrons. The van der Waals surface area contributed by atoms with Crippen LogP contribution >= 0.6 is 0 Å². The van der Waals surface area contributed by atoms with Crippen LogP contribution in [0.15, 0.2) is 54.6 Å². The van der Waals surface area contributed by atoms with Crippen molar-refractivity contribution >= 4 is 45.9 Å². The number of para-hydroxylation sites is 3. The summed E-state index contributed by atoms with van der Waals surface area (Å²) in [7, 11) is 0. The van der Waals surface area contributed by atoms with Gasteiger partial charge < -0.3 is 36.7 Å². The second-order valence-corrected chi connectivity index (χ2v) is 7.27. The monoisotopic (exact) mass is 512 g/mol. The van der Waals surface area contributed by atoms with Crippen molar-refractivity contribution in [3.63, 3.8) is 0 Å². The van der Waals surface area contributed by atoms with Gasteiger partial charge in [-0.25, -0.2) is 0 Å². The number of ether oxygens (including phenoxy) is 2. The maximum Gasteiger partial charge on any atom is 0.296 e. The van der Waals surface area contributed by atoms with Gasteiger partial charge in [0, 0.05) is 12.1 Å². The first-order valence-electron chi connectivity index (χ1n) is 10.3. The maximum atomic E-state index is 10.9. The van der Waals surface area contributed by atoms with Crippen LogP contribution in [0, 0.1) is 20.2 Å². The van der Waals surface area contributed by atoms with Crippen LogP contribution in [0.4, 0.5) is 34.1 Å². The lowest BCUT2D eigenvalue weighted by Gasteiger charge is -2.18. The van der Waals surface area contributed by atoms with Gasteiger partial charge in [0.1, 0.15) is 17.2 Å². The highest BCUT2D eigenvalue weighted by atomic mass is 16.6. The van der Waals surface area contributed by atoms with Crippen LogP contribution in [0.3, 0.4) is 0 Å². The van der Waals surface area contributed by atoms with Crippen molar-refractivity contribution in [3.05, 3.63) is 74.8 Å². The molecule has 2 heterocycles. The molecule has 0 atom stereocenters. The Morgan fingerprint density at radius 3 is 1.81 bits per heavy atom. The van der Waals surface area contributed by atoms with Gasteiger partial charge in [-0.2, -0.15) is 0 Å². The van der Waals surface area contributed by atoms with E-state index in [1.165, 1.54) is 30.3 Å². The van der Waals surface area contributed by atoms with Gasteiger partial charge >= 0.3 is 0 Å². The average Bonchev–Trinajstić information content (AvgIpc) is 2.86. The van der Waals surface area contributed by atoms with Crippen molar-refractivity contribution in [3.8, 4) is 17.2 Å². The van der Waals surface area contributed by atoms with Crippen molar-refractivity contribution < 1.29 is 34.0 Å². The Hall–Kier alpha value is -5.60. The summed E-state index contributed by atoms with van der Waals surface area (Å²) in [6.07, 6.45) is 0. The van der Waals surface area contributed by atoms with Crippen LogP contribution < -0.4 is 31.6 Å². The number of nitro groups is 2. The second-order valence-electron chi connectivity index (χ2n) is 7.27. The number of anilines is 4. The van der Waals surface area contributed by atoms with Crippen molar-refractivity contribution in [2.45, 2.75) is 0 Å². The molecule has 7 N–H and O–H groups in total. The number of carbonyl (C=O) groups excluding carboxylic acids is 2. The molecule has 5 rings (SSSR count). The number of nitrogens with one attached hydrogen (secondary N) is 2. The minimum absolute atomic E-state index is 0.0659. The summed E-state index contributed by atoms with van der Waals surface area (Å²) in [5.74, 6) is 0.153. The number of phenolic OH excluding ortho intramolecular Hbond substituents is 1. The van der Waals surface area contributed by atoms with Crippen LogP contribution in [0.2, 0.25) is 0 Å². The Labute approximate surface area is 207 Å². The topological polar surface area (TPSA) is 235 Å². The molecule has 2 amide bonds. The molecule has 0 saturated carbocycles. The van der Waals surface area contributed by atoms with Gasteiger partial charge in [0.25, 0.3) is 23.2 Å². The van der Waals surface area contributed by atoms with E-state index in [9.17, 15) is 29.8 Å². The first-order chi connectivity index (χ1) is 17.6. The number of nitrogens with zero attached hydrogens (tertiary/aromatic N) is 2. The molecule has 0 fully saturated rings. The minimum Gasteiger partial charge on any atom is -0.506 e. The smallest absolute Gasteiger partial charge is 0.296 e. The van der Waals surface area contributed by atoms with Crippen molar-refractivity contribution in [1.82, 2.24) is 0 Å². The quantitative estimate of drug-likeness (QED) is 0.145. The molecular formula is C22H20N6O9. The fourth-order valence-corrected chi connectivity index (χ4v) is 3.06. The maximum absolute atomic E-state index is 10.9. The molecule has 2 aliphatic heterocycles. The zero-order valence-electron chi connectivity index (χ0n) is 18.9. The van der Waals surface area contributed by atoms with Crippen LogP contribution in [-0.4, -0.2) is 40.0 Å². The van der Waals surface area contributed by atoms with E-state index in [1.807, 2.05) is 0 Å². The molecule has 0 unspecified atom stereocenters. The molecule has 3 aromatic rings. The number of hydrogen-bond acceptors (Lipinski definition) is 11. The zero-order valence-corrected chi connectivity index (χ0v) is 18.9. The van der Waals surface area contributed by atoms with E-state index < -0.39 is 9.85 Å². The zero-order chi connectivity index (χ0) is 27.1. The number of benzene rings is 3. The number of rotatable bonds is 2.